The van der Waals surface area contributed by atoms with E-state index in [4.69, 9.17) is 5.73 Å². The van der Waals surface area contributed by atoms with Gasteiger partial charge in [-0.25, -0.2) is 0 Å². The lowest BCUT2D eigenvalue weighted by Crippen LogP contribution is -2.34. The molecule has 98 valence electrons. The number of hydrogen-bond donors (Lipinski definition) is 4. The maximum absolute atomic E-state index is 5.36. The molecule has 0 rings (SSSR count). The van der Waals surface area contributed by atoms with Gasteiger partial charge >= 0.3 is 0 Å². The number of nitrogens with two attached hydrogens (primary N) is 1. The summed E-state index contributed by atoms with van der Waals surface area (Å²) in [5, 5.41) is 10.8. The predicted molar refractivity (Wildman–Crippen MR) is 75.3 cm³/mol. The molecule has 5 heteroatoms. The third kappa shape index (κ3) is 14.2. The number of thioether (sulfide) groups is 1. The highest BCUT2D eigenvalue weighted by Gasteiger charge is 1.93. The molecule has 5 N–H and O–H groups in total. The van der Waals surface area contributed by atoms with E-state index in [0.717, 1.165) is 51.1 Å². The summed E-state index contributed by atoms with van der Waals surface area (Å²) in [5.41, 5.74) is 5.36. The number of hydrogen-bond acceptors (Lipinski definition) is 5. The van der Waals surface area contributed by atoms with Crippen LogP contribution in [0.2, 0.25) is 0 Å². The summed E-state index contributed by atoms with van der Waals surface area (Å²) in [6, 6.07) is 0. The van der Waals surface area contributed by atoms with Gasteiger partial charge in [-0.1, -0.05) is 13.8 Å². The van der Waals surface area contributed by atoms with Crippen LogP contribution in [-0.2, 0) is 0 Å². The van der Waals surface area contributed by atoms with E-state index in [1.807, 2.05) is 11.8 Å². The van der Waals surface area contributed by atoms with E-state index >= 15 is 0 Å². The Labute approximate surface area is 105 Å². The molecule has 0 saturated carbocycles. The van der Waals surface area contributed by atoms with Crippen molar-refractivity contribution in [2.24, 2.45) is 5.73 Å². The quantitative estimate of drug-likeness (QED) is 0.362. The van der Waals surface area contributed by atoms with Gasteiger partial charge in [0.1, 0.15) is 0 Å². The minimum atomic E-state index is 0.717. The van der Waals surface area contributed by atoms with Gasteiger partial charge in [-0.05, 0) is 5.25 Å². The van der Waals surface area contributed by atoms with E-state index in [2.05, 4.69) is 29.8 Å². The third-order valence-electron chi connectivity index (χ3n) is 2.01. The maximum Gasteiger partial charge on any atom is 0.00772 e. The number of rotatable bonds is 12. The molecule has 0 bridgehead atoms. The Kier molecular flexibility index (Phi) is 13.4. The summed E-state index contributed by atoms with van der Waals surface area (Å²) < 4.78 is 0. The van der Waals surface area contributed by atoms with Crippen LogP contribution in [0.3, 0.4) is 0 Å². The largest absolute Gasteiger partial charge is 0.329 e. The second-order valence-corrected chi connectivity index (χ2v) is 5.64. The fourth-order valence-corrected chi connectivity index (χ4v) is 1.93. The monoisotopic (exact) mass is 248 g/mol. The minimum Gasteiger partial charge on any atom is -0.329 e. The van der Waals surface area contributed by atoms with Gasteiger partial charge in [-0.3, -0.25) is 0 Å². The van der Waals surface area contributed by atoms with E-state index in [1.54, 1.807) is 0 Å². The zero-order chi connectivity index (χ0) is 12.1. The van der Waals surface area contributed by atoms with Crippen LogP contribution in [0, 0.1) is 0 Å². The van der Waals surface area contributed by atoms with Crippen molar-refractivity contribution in [2.75, 3.05) is 51.6 Å². The first-order valence-corrected chi connectivity index (χ1v) is 7.26. The standard InChI is InChI=1S/C11H28N4S/c1-11(2)16-10-9-15-8-7-14-6-5-13-4-3-12/h11,13-15H,3-10,12H2,1-2H3. The van der Waals surface area contributed by atoms with Crippen molar-refractivity contribution in [3.05, 3.63) is 0 Å². The van der Waals surface area contributed by atoms with Gasteiger partial charge in [-0.2, -0.15) is 11.8 Å². The van der Waals surface area contributed by atoms with Crippen LogP contribution in [-0.4, -0.2) is 56.8 Å². The second kappa shape index (κ2) is 13.3. The highest BCUT2D eigenvalue weighted by molar-refractivity contribution is 7.99. The molecule has 0 aliphatic rings. The lowest BCUT2D eigenvalue weighted by atomic mass is 10.5. The van der Waals surface area contributed by atoms with Gasteiger partial charge in [0, 0.05) is 51.6 Å². The summed E-state index contributed by atoms with van der Waals surface area (Å²) in [6.07, 6.45) is 0. The maximum atomic E-state index is 5.36. The fourth-order valence-electron chi connectivity index (χ4n) is 1.20. The van der Waals surface area contributed by atoms with Crippen LogP contribution in [0.5, 0.6) is 0 Å². The summed E-state index contributed by atoms with van der Waals surface area (Å²) in [5.74, 6) is 1.20. The molecule has 4 nitrogen and oxygen atoms in total. The highest BCUT2D eigenvalue weighted by Crippen LogP contribution is 2.06. The Balaban J connectivity index is 2.88. The van der Waals surface area contributed by atoms with Crippen LogP contribution in [0.1, 0.15) is 13.8 Å². The Morgan fingerprint density at radius 3 is 1.88 bits per heavy atom. The molecular weight excluding hydrogens is 220 g/mol. The Morgan fingerprint density at radius 2 is 1.38 bits per heavy atom. The third-order valence-corrected chi connectivity index (χ3v) is 3.11. The van der Waals surface area contributed by atoms with Crippen molar-refractivity contribution in [2.45, 2.75) is 19.1 Å². The summed E-state index contributed by atoms with van der Waals surface area (Å²) in [6.45, 7) is 11.3. The average Bonchev–Trinajstić information content (AvgIpc) is 2.25. The van der Waals surface area contributed by atoms with Crippen molar-refractivity contribution in [1.29, 1.82) is 0 Å². The van der Waals surface area contributed by atoms with Gasteiger partial charge in [0.15, 0.2) is 0 Å². The lowest BCUT2D eigenvalue weighted by Gasteiger charge is -2.08. The molecule has 0 aliphatic heterocycles. The topological polar surface area (TPSA) is 62.1 Å². The highest BCUT2D eigenvalue weighted by atomic mass is 32.2. The zero-order valence-electron chi connectivity index (χ0n) is 10.7. The SMILES string of the molecule is CC(C)SCCNCCNCCNCCN. The average molecular weight is 248 g/mol. The molecular formula is C11H28N4S. The molecule has 0 aliphatic carbocycles. The van der Waals surface area contributed by atoms with E-state index in [1.165, 1.54) is 5.75 Å². The van der Waals surface area contributed by atoms with Crippen molar-refractivity contribution in [3.63, 3.8) is 0 Å². The van der Waals surface area contributed by atoms with E-state index < -0.39 is 0 Å². The molecule has 0 aromatic heterocycles. The molecule has 0 spiro atoms. The second-order valence-electron chi connectivity index (χ2n) is 3.96. The molecule has 0 heterocycles. The molecule has 0 aromatic rings. The first kappa shape index (κ1) is 16.2. The van der Waals surface area contributed by atoms with Gasteiger partial charge in [-0.15, -0.1) is 0 Å². The minimum absolute atomic E-state index is 0.717. The van der Waals surface area contributed by atoms with E-state index in [-0.39, 0.29) is 0 Å². The van der Waals surface area contributed by atoms with Crippen molar-refractivity contribution >= 4 is 11.8 Å². The fraction of sp³-hybridized carbons (Fsp3) is 1.00. The molecule has 0 atom stereocenters. The summed E-state index contributed by atoms with van der Waals surface area (Å²) in [7, 11) is 0. The predicted octanol–water partition coefficient (Wildman–Crippen LogP) is -0.144. The Hall–Kier alpha value is 0.190. The van der Waals surface area contributed by atoms with E-state index in [9.17, 15) is 0 Å². The van der Waals surface area contributed by atoms with Crippen molar-refractivity contribution < 1.29 is 0 Å². The number of nitrogens with one attached hydrogen (secondary N) is 3. The van der Waals surface area contributed by atoms with Gasteiger partial charge < -0.3 is 21.7 Å². The lowest BCUT2D eigenvalue weighted by molar-refractivity contribution is 0.591. The molecule has 16 heavy (non-hydrogen) atoms. The summed E-state index contributed by atoms with van der Waals surface area (Å²) in [4.78, 5) is 0. The first-order chi connectivity index (χ1) is 7.77. The smallest absolute Gasteiger partial charge is 0.00772 e. The van der Waals surface area contributed by atoms with Gasteiger partial charge in [0.25, 0.3) is 0 Å². The van der Waals surface area contributed by atoms with Gasteiger partial charge in [0.05, 0.1) is 0 Å². The van der Waals surface area contributed by atoms with Crippen molar-refractivity contribution in [3.8, 4) is 0 Å². The summed E-state index contributed by atoms with van der Waals surface area (Å²) >= 11 is 2.00. The molecule has 0 aromatic carbocycles. The van der Waals surface area contributed by atoms with Crippen LogP contribution < -0.4 is 21.7 Å². The molecule has 0 amide bonds. The van der Waals surface area contributed by atoms with Crippen LogP contribution in [0.4, 0.5) is 0 Å². The molecule has 0 fully saturated rings. The van der Waals surface area contributed by atoms with E-state index in [0.29, 0.717) is 0 Å². The molecule has 0 unspecified atom stereocenters. The Morgan fingerprint density at radius 1 is 0.875 bits per heavy atom. The van der Waals surface area contributed by atoms with Crippen LogP contribution in [0.15, 0.2) is 0 Å². The van der Waals surface area contributed by atoms with Crippen molar-refractivity contribution in [1.82, 2.24) is 16.0 Å². The zero-order valence-corrected chi connectivity index (χ0v) is 11.5. The van der Waals surface area contributed by atoms with Crippen LogP contribution in [0.25, 0.3) is 0 Å². The van der Waals surface area contributed by atoms with Crippen LogP contribution >= 0.6 is 11.8 Å². The Bertz CT molecular complexity index is 133. The van der Waals surface area contributed by atoms with Gasteiger partial charge in [0.2, 0.25) is 0 Å². The first-order valence-electron chi connectivity index (χ1n) is 6.21. The molecule has 0 radical (unpaired) electrons. The normalized spacial score (nSPS) is 11.2. The molecule has 0 saturated heterocycles.